The number of carbonyl (C=O) groups excluding carboxylic acids is 1. The zero-order valence-electron chi connectivity index (χ0n) is 11.0. The standard InChI is InChI=1S/C13H20FN3O/c1-9(2)7-16-13(18)8-17(3)12-5-10(14)4-11(15)6-12/h4-6,9H,7-8,15H2,1-3H3,(H,16,18). The second-order valence-corrected chi connectivity index (χ2v) is 4.80. The van der Waals surface area contributed by atoms with Gasteiger partial charge < -0.3 is 16.0 Å². The maximum absolute atomic E-state index is 13.2. The van der Waals surface area contributed by atoms with E-state index >= 15 is 0 Å². The molecule has 0 atom stereocenters. The van der Waals surface area contributed by atoms with Gasteiger partial charge in [0.15, 0.2) is 0 Å². The topological polar surface area (TPSA) is 58.4 Å². The Bertz CT molecular complexity index is 400. The molecular formula is C13H20FN3O. The number of hydrogen-bond donors (Lipinski definition) is 2. The third kappa shape index (κ3) is 4.61. The molecule has 0 spiro atoms. The van der Waals surface area contributed by atoms with Crippen LogP contribution in [-0.2, 0) is 4.79 Å². The lowest BCUT2D eigenvalue weighted by Gasteiger charge is -2.19. The van der Waals surface area contributed by atoms with Crippen molar-refractivity contribution >= 4 is 17.3 Å². The quantitative estimate of drug-likeness (QED) is 0.784. The van der Waals surface area contributed by atoms with Crippen LogP contribution in [0.1, 0.15) is 13.8 Å². The number of nitrogens with one attached hydrogen (secondary N) is 1. The van der Waals surface area contributed by atoms with E-state index in [1.165, 1.54) is 12.1 Å². The number of carbonyl (C=O) groups is 1. The summed E-state index contributed by atoms with van der Waals surface area (Å²) >= 11 is 0. The highest BCUT2D eigenvalue weighted by atomic mass is 19.1. The fraction of sp³-hybridized carbons (Fsp3) is 0.462. The average Bonchev–Trinajstić information content (AvgIpc) is 2.25. The number of anilines is 2. The molecule has 1 amide bonds. The Kier molecular flexibility index (Phi) is 4.95. The van der Waals surface area contributed by atoms with Crippen LogP contribution in [0, 0.1) is 11.7 Å². The van der Waals surface area contributed by atoms with E-state index in [2.05, 4.69) is 5.32 Å². The van der Waals surface area contributed by atoms with Crippen LogP contribution in [0.4, 0.5) is 15.8 Å². The molecule has 0 saturated carbocycles. The van der Waals surface area contributed by atoms with Crippen LogP contribution in [0.3, 0.4) is 0 Å². The van der Waals surface area contributed by atoms with Crippen molar-refractivity contribution in [3.63, 3.8) is 0 Å². The summed E-state index contributed by atoms with van der Waals surface area (Å²) in [5.41, 5.74) is 6.50. The van der Waals surface area contributed by atoms with Crippen molar-refractivity contribution in [3.05, 3.63) is 24.0 Å². The van der Waals surface area contributed by atoms with E-state index < -0.39 is 5.82 Å². The first kappa shape index (κ1) is 14.3. The van der Waals surface area contributed by atoms with Crippen LogP contribution >= 0.6 is 0 Å². The molecule has 0 radical (unpaired) electrons. The van der Waals surface area contributed by atoms with Crippen molar-refractivity contribution in [2.45, 2.75) is 13.8 Å². The fourth-order valence-corrected chi connectivity index (χ4v) is 1.50. The van der Waals surface area contributed by atoms with Gasteiger partial charge in [0.05, 0.1) is 6.54 Å². The van der Waals surface area contributed by atoms with E-state index in [0.29, 0.717) is 23.8 Å². The van der Waals surface area contributed by atoms with Gasteiger partial charge in [0, 0.05) is 25.0 Å². The summed E-state index contributed by atoms with van der Waals surface area (Å²) in [7, 11) is 1.73. The lowest BCUT2D eigenvalue weighted by atomic mass is 10.2. The first-order valence-corrected chi connectivity index (χ1v) is 5.92. The van der Waals surface area contributed by atoms with Crippen LogP contribution in [0.5, 0.6) is 0 Å². The summed E-state index contributed by atoms with van der Waals surface area (Å²) in [6, 6.07) is 4.24. The Balaban J connectivity index is 2.59. The van der Waals surface area contributed by atoms with Crippen LogP contribution in [-0.4, -0.2) is 26.0 Å². The zero-order valence-corrected chi connectivity index (χ0v) is 11.0. The van der Waals surface area contributed by atoms with Crippen molar-refractivity contribution < 1.29 is 9.18 Å². The molecule has 0 aliphatic rings. The molecule has 1 aromatic rings. The minimum absolute atomic E-state index is 0.0889. The number of amides is 1. The van der Waals surface area contributed by atoms with Gasteiger partial charge in [-0.25, -0.2) is 4.39 Å². The molecule has 0 bridgehead atoms. The molecule has 1 rings (SSSR count). The number of halogens is 1. The predicted octanol–water partition coefficient (Wildman–Crippen LogP) is 1.62. The Morgan fingerprint density at radius 1 is 1.44 bits per heavy atom. The van der Waals surface area contributed by atoms with Crippen molar-refractivity contribution in [2.75, 3.05) is 30.8 Å². The summed E-state index contributed by atoms with van der Waals surface area (Å²) in [5.74, 6) is -0.0856. The molecule has 0 fully saturated rings. The second-order valence-electron chi connectivity index (χ2n) is 4.80. The minimum atomic E-state index is -0.403. The Morgan fingerprint density at radius 3 is 2.67 bits per heavy atom. The Labute approximate surface area is 107 Å². The Morgan fingerprint density at radius 2 is 2.11 bits per heavy atom. The highest BCUT2D eigenvalue weighted by Crippen LogP contribution is 2.18. The van der Waals surface area contributed by atoms with E-state index in [4.69, 9.17) is 5.73 Å². The highest BCUT2D eigenvalue weighted by Gasteiger charge is 2.09. The summed E-state index contributed by atoms with van der Waals surface area (Å²) in [5, 5.41) is 2.81. The number of nitrogen functional groups attached to an aromatic ring is 1. The fourth-order valence-electron chi connectivity index (χ4n) is 1.50. The maximum Gasteiger partial charge on any atom is 0.239 e. The lowest BCUT2D eigenvalue weighted by Crippen LogP contribution is -2.36. The number of hydrogen-bond acceptors (Lipinski definition) is 3. The van der Waals surface area contributed by atoms with Gasteiger partial charge in [-0.1, -0.05) is 13.8 Å². The maximum atomic E-state index is 13.2. The number of likely N-dealkylation sites (N-methyl/N-ethyl adjacent to an activating group) is 1. The molecule has 0 aliphatic carbocycles. The average molecular weight is 253 g/mol. The van der Waals surface area contributed by atoms with Crippen molar-refractivity contribution in [2.24, 2.45) is 5.92 Å². The molecule has 100 valence electrons. The number of rotatable bonds is 5. The summed E-state index contributed by atoms with van der Waals surface area (Å²) in [6.07, 6.45) is 0. The molecule has 0 saturated heterocycles. The normalized spacial score (nSPS) is 10.5. The Hall–Kier alpha value is -1.78. The van der Waals surface area contributed by atoms with E-state index in [1.54, 1.807) is 18.0 Å². The SMILES string of the molecule is CC(C)CNC(=O)CN(C)c1cc(N)cc(F)c1. The van der Waals surface area contributed by atoms with Gasteiger partial charge >= 0.3 is 0 Å². The van der Waals surface area contributed by atoms with Crippen LogP contribution in [0.25, 0.3) is 0 Å². The first-order valence-electron chi connectivity index (χ1n) is 5.92. The van der Waals surface area contributed by atoms with Crippen LogP contribution < -0.4 is 16.0 Å². The summed E-state index contributed by atoms with van der Waals surface area (Å²) < 4.78 is 13.2. The highest BCUT2D eigenvalue weighted by molar-refractivity contribution is 5.81. The van der Waals surface area contributed by atoms with Crippen LogP contribution in [0.15, 0.2) is 18.2 Å². The van der Waals surface area contributed by atoms with Gasteiger partial charge in [0.1, 0.15) is 5.82 Å². The van der Waals surface area contributed by atoms with Crippen molar-refractivity contribution in [1.29, 1.82) is 0 Å². The van der Waals surface area contributed by atoms with Gasteiger partial charge in [0.2, 0.25) is 5.91 Å². The number of nitrogens with zero attached hydrogens (tertiary/aromatic N) is 1. The third-order valence-electron chi connectivity index (χ3n) is 2.43. The second kappa shape index (κ2) is 6.23. The lowest BCUT2D eigenvalue weighted by molar-refractivity contribution is -0.119. The van der Waals surface area contributed by atoms with Gasteiger partial charge in [-0.15, -0.1) is 0 Å². The smallest absolute Gasteiger partial charge is 0.239 e. The number of nitrogens with two attached hydrogens (primary N) is 1. The molecule has 3 N–H and O–H groups in total. The van der Waals surface area contributed by atoms with Gasteiger partial charge in [-0.2, -0.15) is 0 Å². The molecule has 1 aromatic carbocycles. The molecule has 0 aromatic heterocycles. The first-order chi connectivity index (χ1) is 8.38. The van der Waals surface area contributed by atoms with E-state index in [-0.39, 0.29) is 12.5 Å². The summed E-state index contributed by atoms with van der Waals surface area (Å²) in [4.78, 5) is 13.3. The molecule has 0 heterocycles. The largest absolute Gasteiger partial charge is 0.399 e. The molecule has 5 heteroatoms. The predicted molar refractivity (Wildman–Crippen MR) is 71.9 cm³/mol. The van der Waals surface area contributed by atoms with E-state index in [1.807, 2.05) is 13.8 Å². The van der Waals surface area contributed by atoms with Gasteiger partial charge in [0.25, 0.3) is 0 Å². The molecular weight excluding hydrogens is 233 g/mol. The van der Waals surface area contributed by atoms with Gasteiger partial charge in [-0.05, 0) is 24.1 Å². The van der Waals surface area contributed by atoms with Crippen LogP contribution in [0.2, 0.25) is 0 Å². The van der Waals surface area contributed by atoms with Crippen molar-refractivity contribution in [3.8, 4) is 0 Å². The van der Waals surface area contributed by atoms with Gasteiger partial charge in [-0.3, -0.25) is 4.79 Å². The number of benzene rings is 1. The zero-order chi connectivity index (χ0) is 13.7. The molecule has 4 nitrogen and oxygen atoms in total. The van der Waals surface area contributed by atoms with E-state index in [9.17, 15) is 9.18 Å². The minimum Gasteiger partial charge on any atom is -0.399 e. The van der Waals surface area contributed by atoms with E-state index in [0.717, 1.165) is 0 Å². The molecule has 18 heavy (non-hydrogen) atoms. The third-order valence-corrected chi connectivity index (χ3v) is 2.43. The monoisotopic (exact) mass is 253 g/mol. The molecule has 0 unspecified atom stereocenters. The molecule has 0 aliphatic heterocycles. The van der Waals surface area contributed by atoms with Crippen molar-refractivity contribution in [1.82, 2.24) is 5.32 Å². The summed E-state index contributed by atoms with van der Waals surface area (Å²) in [6.45, 7) is 4.86.